The van der Waals surface area contributed by atoms with Gasteiger partial charge in [-0.1, -0.05) is 6.42 Å². The first-order valence-corrected chi connectivity index (χ1v) is 11.5. The van der Waals surface area contributed by atoms with Crippen molar-refractivity contribution >= 4 is 27.5 Å². The van der Waals surface area contributed by atoms with E-state index < -0.39 is 0 Å². The van der Waals surface area contributed by atoms with Gasteiger partial charge in [-0.25, -0.2) is 13.9 Å². The summed E-state index contributed by atoms with van der Waals surface area (Å²) in [7, 11) is 3.29. The molecule has 0 unspecified atom stereocenters. The maximum atomic E-state index is 13.9. The Bertz CT molecular complexity index is 1090. The average Bonchev–Trinajstić information content (AvgIpc) is 2.96. The third kappa shape index (κ3) is 4.51. The summed E-state index contributed by atoms with van der Waals surface area (Å²) in [5.41, 5.74) is 1.66. The number of halogens is 1. The number of ether oxygens (including phenoxy) is 2. The molecule has 0 spiro atoms. The van der Waals surface area contributed by atoms with Gasteiger partial charge in [0, 0.05) is 32.2 Å². The number of hydrogen-bond acceptors (Lipinski definition) is 6. The lowest BCUT2D eigenvalue weighted by molar-refractivity contribution is 0.189. The molecule has 1 aliphatic carbocycles. The number of rotatable bonds is 8. The molecule has 8 heteroatoms. The first-order chi connectivity index (χ1) is 15.1. The Labute approximate surface area is 185 Å². The Hall–Kier alpha value is -2.29. The van der Waals surface area contributed by atoms with Gasteiger partial charge in [-0.3, -0.25) is 4.79 Å². The van der Waals surface area contributed by atoms with Gasteiger partial charge >= 0.3 is 0 Å². The van der Waals surface area contributed by atoms with Gasteiger partial charge in [-0.05, 0) is 55.5 Å². The Morgan fingerprint density at radius 1 is 1.06 bits per heavy atom. The molecule has 4 rings (SSSR count). The summed E-state index contributed by atoms with van der Waals surface area (Å²) in [6.07, 6.45) is 5.32. The van der Waals surface area contributed by atoms with Crippen LogP contribution in [0.3, 0.4) is 0 Å². The molecule has 0 atom stereocenters. The number of benzene rings is 1. The molecule has 2 heterocycles. The van der Waals surface area contributed by atoms with Gasteiger partial charge in [0.2, 0.25) is 5.95 Å². The molecule has 0 aliphatic heterocycles. The number of hydrogen-bond donors (Lipinski definition) is 0. The van der Waals surface area contributed by atoms with Crippen LogP contribution in [0.5, 0.6) is 0 Å². The van der Waals surface area contributed by atoms with E-state index in [9.17, 15) is 9.18 Å². The van der Waals surface area contributed by atoms with E-state index in [1.165, 1.54) is 23.4 Å². The molecule has 31 heavy (non-hydrogen) atoms. The Balaban J connectivity index is 1.95. The van der Waals surface area contributed by atoms with E-state index in [0.29, 0.717) is 43.3 Å². The lowest BCUT2D eigenvalue weighted by atomic mass is 10.1. The van der Waals surface area contributed by atoms with Crippen LogP contribution >= 0.6 is 11.3 Å². The highest BCUT2D eigenvalue weighted by molar-refractivity contribution is 7.18. The minimum absolute atomic E-state index is 0.0918. The third-order valence-corrected chi connectivity index (χ3v) is 6.91. The van der Waals surface area contributed by atoms with Crippen LogP contribution in [-0.2, 0) is 22.3 Å². The third-order valence-electron chi connectivity index (χ3n) is 5.72. The van der Waals surface area contributed by atoms with E-state index in [0.717, 1.165) is 36.1 Å². The molecular formula is C23H28FN3O3S. The van der Waals surface area contributed by atoms with E-state index in [1.54, 1.807) is 42.3 Å². The van der Waals surface area contributed by atoms with E-state index in [2.05, 4.69) is 0 Å². The fraction of sp³-hybridized carbons (Fsp3) is 0.478. The van der Waals surface area contributed by atoms with Crippen molar-refractivity contribution in [2.75, 3.05) is 45.4 Å². The fourth-order valence-electron chi connectivity index (χ4n) is 4.12. The Morgan fingerprint density at radius 2 is 1.74 bits per heavy atom. The average molecular weight is 446 g/mol. The number of anilines is 1. The van der Waals surface area contributed by atoms with E-state index in [4.69, 9.17) is 14.5 Å². The SMILES string of the molecule is COCCN(CCOC)c1nc2sc3c(c2c(=O)n1-c1ccc(F)cc1)CCCCC3. The molecule has 0 amide bonds. The predicted molar refractivity (Wildman–Crippen MR) is 122 cm³/mol. The zero-order chi connectivity index (χ0) is 21.8. The normalized spacial score (nSPS) is 13.9. The largest absolute Gasteiger partial charge is 0.383 e. The molecule has 0 bridgehead atoms. The van der Waals surface area contributed by atoms with Gasteiger partial charge in [0.05, 0.1) is 24.3 Å². The number of nitrogens with zero attached hydrogens (tertiary/aromatic N) is 3. The van der Waals surface area contributed by atoms with Crippen molar-refractivity contribution in [3.05, 3.63) is 50.9 Å². The van der Waals surface area contributed by atoms with Crippen LogP contribution in [0.2, 0.25) is 0 Å². The number of thiophene rings is 1. The van der Waals surface area contributed by atoms with Crippen LogP contribution < -0.4 is 10.5 Å². The summed E-state index contributed by atoms with van der Waals surface area (Å²) < 4.78 is 25.8. The fourth-order valence-corrected chi connectivity index (χ4v) is 5.37. The van der Waals surface area contributed by atoms with Crippen LogP contribution in [-0.4, -0.2) is 50.1 Å². The minimum Gasteiger partial charge on any atom is -0.383 e. The van der Waals surface area contributed by atoms with Gasteiger partial charge in [0.1, 0.15) is 10.6 Å². The van der Waals surface area contributed by atoms with Crippen molar-refractivity contribution < 1.29 is 13.9 Å². The molecule has 0 N–H and O–H groups in total. The van der Waals surface area contributed by atoms with Crippen molar-refractivity contribution in [1.29, 1.82) is 0 Å². The molecule has 6 nitrogen and oxygen atoms in total. The smallest absolute Gasteiger partial charge is 0.268 e. The van der Waals surface area contributed by atoms with Gasteiger partial charge in [0.25, 0.3) is 5.56 Å². The van der Waals surface area contributed by atoms with E-state index in [1.807, 2.05) is 4.90 Å². The van der Waals surface area contributed by atoms with Gasteiger partial charge < -0.3 is 14.4 Å². The maximum Gasteiger partial charge on any atom is 0.268 e. The second-order valence-electron chi connectivity index (χ2n) is 7.75. The standard InChI is InChI=1S/C23H28FN3O3S/c1-29-14-12-26(13-15-30-2)23-25-21-20(18-6-4-3-5-7-19(18)31-21)22(28)27(23)17-10-8-16(24)9-11-17/h8-11H,3-7,12-15H2,1-2H3. The molecule has 0 saturated carbocycles. The van der Waals surface area contributed by atoms with Crippen molar-refractivity contribution in [2.24, 2.45) is 0 Å². The molecule has 0 saturated heterocycles. The summed E-state index contributed by atoms with van der Waals surface area (Å²) in [5.74, 6) is 0.196. The van der Waals surface area contributed by atoms with Crippen LogP contribution in [0.15, 0.2) is 29.1 Å². The molecule has 1 aliphatic rings. The lowest BCUT2D eigenvalue weighted by Gasteiger charge is -2.26. The monoisotopic (exact) mass is 445 g/mol. The summed E-state index contributed by atoms with van der Waals surface area (Å²) in [5, 5.41) is 0.716. The molecule has 1 aromatic carbocycles. The predicted octanol–water partition coefficient (Wildman–Crippen LogP) is 3.95. The van der Waals surface area contributed by atoms with Gasteiger partial charge in [-0.2, -0.15) is 0 Å². The summed E-state index contributed by atoms with van der Waals surface area (Å²) in [6, 6.07) is 6.00. The lowest BCUT2D eigenvalue weighted by Crippen LogP contribution is -2.36. The quantitative estimate of drug-likeness (QED) is 0.492. The van der Waals surface area contributed by atoms with Crippen LogP contribution in [0.25, 0.3) is 15.9 Å². The first kappa shape index (κ1) is 21.9. The highest BCUT2D eigenvalue weighted by atomic mass is 32.1. The zero-order valence-corrected chi connectivity index (χ0v) is 18.8. The molecule has 166 valence electrons. The van der Waals surface area contributed by atoms with Crippen molar-refractivity contribution in [2.45, 2.75) is 32.1 Å². The second kappa shape index (κ2) is 9.89. The number of fused-ring (bicyclic) bond motifs is 3. The Kier molecular flexibility index (Phi) is 6.99. The van der Waals surface area contributed by atoms with Crippen LogP contribution in [0.4, 0.5) is 10.3 Å². The summed E-state index contributed by atoms with van der Waals surface area (Å²) >= 11 is 1.64. The maximum absolute atomic E-state index is 13.9. The molecule has 2 aromatic heterocycles. The number of aromatic nitrogens is 2. The van der Waals surface area contributed by atoms with Gasteiger partial charge in [-0.15, -0.1) is 11.3 Å². The summed E-state index contributed by atoms with van der Waals surface area (Å²) in [6.45, 7) is 2.10. The highest BCUT2D eigenvalue weighted by Gasteiger charge is 2.24. The molecule has 0 fully saturated rings. The summed E-state index contributed by atoms with van der Waals surface area (Å²) in [4.78, 5) is 22.9. The van der Waals surface area contributed by atoms with E-state index in [-0.39, 0.29) is 11.4 Å². The van der Waals surface area contributed by atoms with Crippen LogP contribution in [0.1, 0.15) is 29.7 Å². The Morgan fingerprint density at radius 3 is 2.42 bits per heavy atom. The second-order valence-corrected chi connectivity index (χ2v) is 8.83. The van der Waals surface area contributed by atoms with Crippen molar-refractivity contribution in [3.63, 3.8) is 0 Å². The van der Waals surface area contributed by atoms with Crippen molar-refractivity contribution in [1.82, 2.24) is 9.55 Å². The minimum atomic E-state index is -0.340. The van der Waals surface area contributed by atoms with Crippen molar-refractivity contribution in [3.8, 4) is 5.69 Å². The molecule has 0 radical (unpaired) electrons. The topological polar surface area (TPSA) is 56.6 Å². The zero-order valence-electron chi connectivity index (χ0n) is 18.0. The highest BCUT2D eigenvalue weighted by Crippen LogP contribution is 2.34. The van der Waals surface area contributed by atoms with Crippen LogP contribution in [0, 0.1) is 5.82 Å². The number of methoxy groups -OCH3 is 2. The van der Waals surface area contributed by atoms with E-state index >= 15 is 0 Å². The molecule has 3 aromatic rings. The molecular weight excluding hydrogens is 417 g/mol. The van der Waals surface area contributed by atoms with Gasteiger partial charge in [0.15, 0.2) is 0 Å². The number of aryl methyl sites for hydroxylation is 2. The first-order valence-electron chi connectivity index (χ1n) is 10.7.